The number of hydrogen-bond donors (Lipinski definition) is 2. The number of nitrogens with zero attached hydrogens (tertiary/aromatic N) is 6. The summed E-state index contributed by atoms with van der Waals surface area (Å²) in [6.45, 7) is 0. The van der Waals surface area contributed by atoms with E-state index in [0.717, 1.165) is 53.5 Å². The molecule has 3 heterocycles. The highest BCUT2D eigenvalue weighted by atomic mass is 19.4. The van der Waals surface area contributed by atoms with Crippen LogP contribution in [0, 0.1) is 0 Å². The van der Waals surface area contributed by atoms with Crippen LogP contribution >= 0.6 is 0 Å². The lowest BCUT2D eigenvalue weighted by molar-refractivity contribution is -0.192. The lowest BCUT2D eigenvalue weighted by Crippen LogP contribution is -2.29. The second-order valence-electron chi connectivity index (χ2n) is 8.87. The average molecular weight is 514 g/mol. The summed E-state index contributed by atoms with van der Waals surface area (Å²) in [5.41, 5.74) is 11.3. The van der Waals surface area contributed by atoms with Gasteiger partial charge in [-0.05, 0) is 37.3 Å². The average Bonchev–Trinajstić information content (AvgIpc) is 3.54. The SMILES string of the molecule is Cn1cc(-c2cccc(-c3ncc(-c4cnn(C5CCCC(N)C5)c4)cn3)c2)cn1.O=C(O)C(F)(F)F. The fraction of sp³-hybridized carbons (Fsp3) is 0.320. The van der Waals surface area contributed by atoms with E-state index in [0.29, 0.717) is 11.9 Å². The number of benzene rings is 1. The molecule has 1 fully saturated rings. The molecule has 1 aliphatic carbocycles. The largest absolute Gasteiger partial charge is 0.490 e. The van der Waals surface area contributed by atoms with Crippen molar-refractivity contribution in [2.75, 3.05) is 0 Å². The number of carbonyl (C=O) groups is 1. The fourth-order valence-corrected chi connectivity index (χ4v) is 4.16. The number of carboxylic acids is 1. The molecule has 3 N–H and O–H groups in total. The number of alkyl halides is 3. The summed E-state index contributed by atoms with van der Waals surface area (Å²) in [6.07, 6.45) is 10.9. The van der Waals surface area contributed by atoms with Crippen LogP contribution in [0.15, 0.2) is 61.4 Å². The smallest absolute Gasteiger partial charge is 0.475 e. The van der Waals surface area contributed by atoms with E-state index in [1.807, 2.05) is 50.2 Å². The van der Waals surface area contributed by atoms with Crippen molar-refractivity contribution >= 4 is 5.97 Å². The zero-order valence-electron chi connectivity index (χ0n) is 20.0. The number of aryl methyl sites for hydroxylation is 1. The molecular formula is C25H26F3N7O2. The van der Waals surface area contributed by atoms with E-state index in [9.17, 15) is 13.2 Å². The molecule has 1 aromatic carbocycles. The molecule has 37 heavy (non-hydrogen) atoms. The van der Waals surface area contributed by atoms with E-state index in [1.165, 1.54) is 0 Å². The zero-order valence-corrected chi connectivity index (χ0v) is 20.0. The predicted molar refractivity (Wildman–Crippen MR) is 130 cm³/mol. The van der Waals surface area contributed by atoms with Gasteiger partial charge >= 0.3 is 12.1 Å². The number of aliphatic carboxylic acids is 1. The van der Waals surface area contributed by atoms with Gasteiger partial charge in [-0.25, -0.2) is 14.8 Å². The van der Waals surface area contributed by atoms with Crippen LogP contribution < -0.4 is 5.73 Å². The van der Waals surface area contributed by atoms with Gasteiger partial charge in [-0.2, -0.15) is 23.4 Å². The molecule has 0 amide bonds. The minimum atomic E-state index is -5.08. The molecular weight excluding hydrogens is 487 g/mol. The molecule has 4 aromatic rings. The topological polar surface area (TPSA) is 125 Å². The number of carboxylic acid groups (broad SMARTS) is 1. The third-order valence-electron chi connectivity index (χ3n) is 6.05. The standard InChI is InChI=1S/C23H25N7.C2HF3O2/c1-29-14-19(12-27-29)16-4-2-5-17(8-16)23-25-10-18(11-26-23)20-13-28-30(15-20)22-7-3-6-21(24)9-22;3-2(4,5)1(6)7/h2,4-5,8,10-15,21-22H,3,6-7,9,24H2,1H3;(H,6,7). The van der Waals surface area contributed by atoms with Gasteiger partial charge in [0.1, 0.15) is 0 Å². The van der Waals surface area contributed by atoms with Crippen LogP contribution in [0.1, 0.15) is 31.7 Å². The molecule has 3 aromatic heterocycles. The Hall–Kier alpha value is -4.06. The number of rotatable bonds is 4. The van der Waals surface area contributed by atoms with Crippen molar-refractivity contribution in [3.63, 3.8) is 0 Å². The molecule has 2 atom stereocenters. The van der Waals surface area contributed by atoms with Crippen LogP contribution in [-0.4, -0.2) is 52.8 Å². The van der Waals surface area contributed by atoms with Crippen LogP contribution in [0.4, 0.5) is 13.2 Å². The van der Waals surface area contributed by atoms with Crippen molar-refractivity contribution in [3.05, 3.63) is 61.4 Å². The van der Waals surface area contributed by atoms with Crippen LogP contribution in [0.25, 0.3) is 33.6 Å². The predicted octanol–water partition coefficient (Wildman–Crippen LogP) is 4.48. The molecule has 0 bridgehead atoms. The molecule has 0 saturated heterocycles. The lowest BCUT2D eigenvalue weighted by atomic mass is 9.92. The third-order valence-corrected chi connectivity index (χ3v) is 6.05. The molecule has 0 aliphatic heterocycles. The first-order valence-corrected chi connectivity index (χ1v) is 11.6. The zero-order chi connectivity index (χ0) is 26.6. The van der Waals surface area contributed by atoms with Crippen LogP contribution in [0.3, 0.4) is 0 Å². The van der Waals surface area contributed by atoms with E-state index in [2.05, 4.69) is 43.2 Å². The molecule has 2 unspecified atom stereocenters. The van der Waals surface area contributed by atoms with Crippen LogP contribution in [0.5, 0.6) is 0 Å². The Kier molecular flexibility index (Phi) is 7.67. The Morgan fingerprint density at radius 1 is 0.973 bits per heavy atom. The van der Waals surface area contributed by atoms with Crippen molar-refractivity contribution in [3.8, 4) is 33.6 Å². The van der Waals surface area contributed by atoms with Gasteiger partial charge in [-0.3, -0.25) is 9.36 Å². The fourth-order valence-electron chi connectivity index (χ4n) is 4.16. The highest BCUT2D eigenvalue weighted by Gasteiger charge is 2.38. The quantitative estimate of drug-likeness (QED) is 0.412. The molecule has 0 radical (unpaired) electrons. The van der Waals surface area contributed by atoms with Gasteiger partial charge in [-0.1, -0.05) is 18.2 Å². The van der Waals surface area contributed by atoms with Crippen LogP contribution in [0.2, 0.25) is 0 Å². The maximum absolute atomic E-state index is 10.6. The summed E-state index contributed by atoms with van der Waals surface area (Å²) in [5.74, 6) is -2.05. The summed E-state index contributed by atoms with van der Waals surface area (Å²) in [6, 6.07) is 8.88. The number of hydrogen-bond acceptors (Lipinski definition) is 6. The van der Waals surface area contributed by atoms with Crippen molar-refractivity contribution in [1.82, 2.24) is 29.5 Å². The molecule has 0 spiro atoms. The van der Waals surface area contributed by atoms with Gasteiger partial charge in [0.15, 0.2) is 5.82 Å². The molecule has 1 aliphatic rings. The Labute approximate surface area is 210 Å². The second-order valence-corrected chi connectivity index (χ2v) is 8.87. The maximum atomic E-state index is 10.6. The summed E-state index contributed by atoms with van der Waals surface area (Å²) in [7, 11) is 1.92. The number of halogens is 3. The first-order valence-electron chi connectivity index (χ1n) is 11.6. The van der Waals surface area contributed by atoms with E-state index < -0.39 is 12.1 Å². The summed E-state index contributed by atoms with van der Waals surface area (Å²) < 4.78 is 35.6. The van der Waals surface area contributed by atoms with E-state index in [4.69, 9.17) is 15.6 Å². The van der Waals surface area contributed by atoms with Crippen LogP contribution in [-0.2, 0) is 11.8 Å². The summed E-state index contributed by atoms with van der Waals surface area (Å²) in [5, 5.41) is 16.0. The summed E-state index contributed by atoms with van der Waals surface area (Å²) >= 11 is 0. The molecule has 12 heteroatoms. The third kappa shape index (κ3) is 6.58. The van der Waals surface area contributed by atoms with Gasteiger partial charge in [-0.15, -0.1) is 0 Å². The monoisotopic (exact) mass is 513 g/mol. The Morgan fingerprint density at radius 3 is 2.24 bits per heavy atom. The van der Waals surface area contributed by atoms with Crippen molar-refractivity contribution in [2.24, 2.45) is 12.8 Å². The molecule has 5 rings (SSSR count). The van der Waals surface area contributed by atoms with Gasteiger partial charge in [0, 0.05) is 60.1 Å². The minimum absolute atomic E-state index is 0.279. The maximum Gasteiger partial charge on any atom is 0.490 e. The Morgan fingerprint density at radius 2 is 1.62 bits per heavy atom. The first-order chi connectivity index (χ1) is 17.6. The van der Waals surface area contributed by atoms with Gasteiger partial charge < -0.3 is 10.8 Å². The Balaban J connectivity index is 0.000000405. The van der Waals surface area contributed by atoms with Crippen molar-refractivity contribution in [1.29, 1.82) is 0 Å². The van der Waals surface area contributed by atoms with E-state index in [-0.39, 0.29) is 6.04 Å². The highest BCUT2D eigenvalue weighted by molar-refractivity contribution is 5.73. The van der Waals surface area contributed by atoms with Crippen molar-refractivity contribution < 1.29 is 23.1 Å². The second kappa shape index (κ2) is 10.9. The summed E-state index contributed by atoms with van der Waals surface area (Å²) in [4.78, 5) is 18.1. The first kappa shape index (κ1) is 26.0. The minimum Gasteiger partial charge on any atom is -0.475 e. The van der Waals surface area contributed by atoms with Gasteiger partial charge in [0.05, 0.1) is 18.4 Å². The number of aromatic nitrogens is 6. The highest BCUT2D eigenvalue weighted by Crippen LogP contribution is 2.29. The van der Waals surface area contributed by atoms with E-state index in [1.54, 1.807) is 4.68 Å². The normalized spacial score (nSPS) is 17.6. The molecule has 9 nitrogen and oxygen atoms in total. The molecule has 194 valence electrons. The number of nitrogens with two attached hydrogens (primary N) is 1. The van der Waals surface area contributed by atoms with Gasteiger partial charge in [0.2, 0.25) is 0 Å². The molecule has 1 saturated carbocycles. The van der Waals surface area contributed by atoms with E-state index >= 15 is 0 Å². The van der Waals surface area contributed by atoms with Crippen molar-refractivity contribution in [2.45, 2.75) is 43.9 Å². The Bertz CT molecular complexity index is 1350. The van der Waals surface area contributed by atoms with Gasteiger partial charge in [0.25, 0.3) is 0 Å². The lowest BCUT2D eigenvalue weighted by Gasteiger charge is -2.26.